The molecule has 7 nitrogen and oxygen atoms in total. The largest absolute Gasteiger partial charge is 0.390 e. The first-order valence-electron chi connectivity index (χ1n) is 10.9. The number of carbonyl (C=O) groups is 1. The Balaban J connectivity index is 1.99. The fourth-order valence-corrected chi connectivity index (χ4v) is 3.89. The fourth-order valence-electron chi connectivity index (χ4n) is 3.89. The quantitative estimate of drug-likeness (QED) is 0.501. The van der Waals surface area contributed by atoms with E-state index in [9.17, 15) is 19.8 Å². The number of amides is 1. The Hall–Kier alpha value is -3.03. The number of carbonyl (C=O) groups excluding carboxylic acids is 1. The van der Waals surface area contributed by atoms with E-state index >= 15 is 0 Å². The highest BCUT2D eigenvalue weighted by atomic mass is 16.5. The monoisotopic (exact) mass is 452 g/mol. The molecule has 176 valence electrons. The van der Waals surface area contributed by atoms with Crippen LogP contribution in [0, 0.1) is 19.3 Å². The number of rotatable bonds is 7. The van der Waals surface area contributed by atoms with E-state index in [0.29, 0.717) is 22.2 Å². The van der Waals surface area contributed by atoms with Crippen LogP contribution < -0.4 is 10.9 Å². The smallest absolute Gasteiger partial charge is 0.366 e. The molecule has 0 aliphatic carbocycles. The predicted molar refractivity (Wildman–Crippen MR) is 128 cm³/mol. The zero-order valence-electron chi connectivity index (χ0n) is 20.0. The fraction of sp³-hybridized carbons (Fsp3) is 0.423. The highest BCUT2D eigenvalue weighted by molar-refractivity contribution is 5.99. The van der Waals surface area contributed by atoms with E-state index in [0.717, 1.165) is 11.1 Å². The Kier molecular flexibility index (Phi) is 6.51. The average molecular weight is 453 g/mol. The molecule has 2 aromatic carbocycles. The van der Waals surface area contributed by atoms with Gasteiger partial charge >= 0.3 is 5.63 Å². The number of fused-ring (bicyclic) bond motifs is 1. The summed E-state index contributed by atoms with van der Waals surface area (Å²) in [6, 6.07) is 12.4. The van der Waals surface area contributed by atoms with Crippen LogP contribution in [0.4, 0.5) is 5.69 Å². The maximum absolute atomic E-state index is 13.5. The van der Waals surface area contributed by atoms with Crippen molar-refractivity contribution in [2.75, 3.05) is 5.32 Å². The van der Waals surface area contributed by atoms with Crippen molar-refractivity contribution >= 4 is 22.4 Å². The van der Waals surface area contributed by atoms with Crippen molar-refractivity contribution in [3.05, 3.63) is 69.7 Å². The number of nitrogens with zero attached hydrogens (tertiary/aromatic N) is 1. The van der Waals surface area contributed by atoms with Crippen molar-refractivity contribution in [2.45, 2.75) is 65.6 Å². The molecule has 0 saturated heterocycles. The van der Waals surface area contributed by atoms with Gasteiger partial charge in [0.2, 0.25) is 0 Å². The van der Waals surface area contributed by atoms with Crippen molar-refractivity contribution in [3.63, 3.8) is 0 Å². The van der Waals surface area contributed by atoms with Gasteiger partial charge in [-0.25, -0.2) is 4.79 Å². The van der Waals surface area contributed by atoms with Crippen LogP contribution in [0.2, 0.25) is 0 Å². The number of benzene rings is 2. The Bertz CT molecular complexity index is 1240. The summed E-state index contributed by atoms with van der Waals surface area (Å²) in [6.07, 6.45) is 0.110. The normalized spacial score (nSPS) is 14.2. The topological polar surface area (TPSA) is 113 Å². The molecular weight excluding hydrogens is 420 g/mol. The summed E-state index contributed by atoms with van der Waals surface area (Å²) in [6.45, 7) is 10.6. The lowest BCUT2D eigenvalue weighted by Gasteiger charge is -2.42. The Morgan fingerprint density at radius 3 is 2.36 bits per heavy atom. The van der Waals surface area contributed by atoms with Crippen molar-refractivity contribution in [3.8, 4) is 0 Å². The standard InChI is InChI=1S/C26H32N2O5/c1-16-8-7-9-18(12-16)14-26(32,15-24(3,4)25(5,6)31)23(30)27-19-10-11-20-21(13-19)17(2)28-33-22(20)29/h7-13,31-32H,14-15H2,1-6H3,(H,27,30). The van der Waals surface area contributed by atoms with Crippen molar-refractivity contribution in [2.24, 2.45) is 5.41 Å². The number of aliphatic hydroxyl groups is 2. The molecule has 1 unspecified atom stereocenters. The molecule has 0 bridgehead atoms. The van der Waals surface area contributed by atoms with Gasteiger partial charge in [-0.3, -0.25) is 4.79 Å². The maximum Gasteiger partial charge on any atom is 0.366 e. The molecule has 1 aromatic heterocycles. The first-order chi connectivity index (χ1) is 15.2. The molecule has 3 rings (SSSR count). The third-order valence-electron chi connectivity index (χ3n) is 6.54. The second kappa shape index (κ2) is 8.72. The lowest BCUT2D eigenvalue weighted by Crippen LogP contribution is -2.52. The van der Waals surface area contributed by atoms with Crippen LogP contribution in [0.25, 0.3) is 10.8 Å². The van der Waals surface area contributed by atoms with Crippen molar-refractivity contribution < 1.29 is 19.5 Å². The van der Waals surface area contributed by atoms with Crippen LogP contribution in [0.1, 0.15) is 50.9 Å². The van der Waals surface area contributed by atoms with E-state index in [1.807, 2.05) is 45.0 Å². The van der Waals surface area contributed by atoms with Gasteiger partial charge in [-0.15, -0.1) is 0 Å². The van der Waals surface area contributed by atoms with Crippen LogP contribution >= 0.6 is 0 Å². The van der Waals surface area contributed by atoms with Gasteiger partial charge < -0.3 is 20.1 Å². The molecule has 0 spiro atoms. The van der Waals surface area contributed by atoms with Gasteiger partial charge in [0.1, 0.15) is 5.60 Å². The summed E-state index contributed by atoms with van der Waals surface area (Å²) in [5.74, 6) is -0.589. The van der Waals surface area contributed by atoms with E-state index in [1.165, 1.54) is 0 Å². The summed E-state index contributed by atoms with van der Waals surface area (Å²) < 4.78 is 4.75. The van der Waals surface area contributed by atoms with Gasteiger partial charge in [0.15, 0.2) is 0 Å². The highest BCUT2D eigenvalue weighted by Crippen LogP contribution is 2.40. The molecule has 1 amide bonds. The minimum Gasteiger partial charge on any atom is -0.390 e. The van der Waals surface area contributed by atoms with Gasteiger partial charge in [-0.1, -0.05) is 48.8 Å². The van der Waals surface area contributed by atoms with E-state index in [1.54, 1.807) is 39.0 Å². The number of aromatic nitrogens is 1. The summed E-state index contributed by atoms with van der Waals surface area (Å²) in [4.78, 5) is 25.4. The third-order valence-corrected chi connectivity index (χ3v) is 6.54. The van der Waals surface area contributed by atoms with Gasteiger partial charge in [0.25, 0.3) is 5.91 Å². The first kappa shape index (κ1) is 24.6. The second-order valence-corrected chi connectivity index (χ2v) is 10.1. The van der Waals surface area contributed by atoms with Crippen LogP contribution in [-0.4, -0.2) is 32.5 Å². The van der Waals surface area contributed by atoms with E-state index < -0.39 is 28.1 Å². The number of hydrogen-bond donors (Lipinski definition) is 3. The zero-order valence-corrected chi connectivity index (χ0v) is 20.0. The number of hydrogen-bond acceptors (Lipinski definition) is 6. The lowest BCUT2D eigenvalue weighted by atomic mass is 9.68. The van der Waals surface area contributed by atoms with Gasteiger partial charge in [0.05, 0.1) is 16.7 Å². The zero-order chi connectivity index (χ0) is 24.6. The van der Waals surface area contributed by atoms with Gasteiger partial charge in [0, 0.05) is 17.5 Å². The van der Waals surface area contributed by atoms with Crippen LogP contribution in [0.5, 0.6) is 0 Å². The minimum atomic E-state index is -1.80. The molecular formula is C26H32N2O5. The highest BCUT2D eigenvalue weighted by Gasteiger charge is 2.46. The molecule has 7 heteroatoms. The van der Waals surface area contributed by atoms with E-state index in [-0.39, 0.29) is 12.8 Å². The lowest BCUT2D eigenvalue weighted by molar-refractivity contribution is -0.143. The summed E-state index contributed by atoms with van der Waals surface area (Å²) in [5, 5.41) is 29.8. The SMILES string of the molecule is Cc1cccc(CC(O)(CC(C)(C)C(C)(C)O)C(=O)Nc2ccc3c(=O)onc(C)c3c2)c1. The molecule has 33 heavy (non-hydrogen) atoms. The molecule has 0 fully saturated rings. The predicted octanol–water partition coefficient (Wildman–Crippen LogP) is 3.90. The number of nitrogens with one attached hydrogen (secondary N) is 1. The summed E-state index contributed by atoms with van der Waals surface area (Å²) in [5.41, 5.74) is -1.49. The molecule has 0 aliphatic rings. The Labute approximate surface area is 193 Å². The number of anilines is 1. The second-order valence-electron chi connectivity index (χ2n) is 10.1. The van der Waals surface area contributed by atoms with Crippen molar-refractivity contribution in [1.29, 1.82) is 0 Å². The molecule has 0 radical (unpaired) electrons. The molecule has 0 saturated carbocycles. The first-order valence-corrected chi connectivity index (χ1v) is 10.9. The van der Waals surface area contributed by atoms with Crippen LogP contribution in [-0.2, 0) is 11.2 Å². The third kappa shape index (κ3) is 5.31. The summed E-state index contributed by atoms with van der Waals surface area (Å²) >= 11 is 0. The van der Waals surface area contributed by atoms with Crippen molar-refractivity contribution in [1.82, 2.24) is 5.16 Å². The van der Waals surface area contributed by atoms with Gasteiger partial charge in [-0.2, -0.15) is 0 Å². The molecule has 3 N–H and O–H groups in total. The molecule has 1 heterocycles. The van der Waals surface area contributed by atoms with Gasteiger partial charge in [-0.05, 0) is 63.3 Å². The molecule has 1 atom stereocenters. The Morgan fingerprint density at radius 1 is 1.03 bits per heavy atom. The molecule has 0 aliphatic heterocycles. The van der Waals surface area contributed by atoms with Crippen LogP contribution in [0.15, 0.2) is 51.8 Å². The van der Waals surface area contributed by atoms with E-state index in [2.05, 4.69) is 10.5 Å². The minimum absolute atomic E-state index is 0.0288. The Morgan fingerprint density at radius 2 is 1.73 bits per heavy atom. The molecule has 3 aromatic rings. The summed E-state index contributed by atoms with van der Waals surface area (Å²) in [7, 11) is 0. The average Bonchev–Trinajstić information content (AvgIpc) is 2.69. The van der Waals surface area contributed by atoms with Crippen LogP contribution in [0.3, 0.4) is 0 Å². The number of aryl methyl sites for hydroxylation is 2. The maximum atomic E-state index is 13.5. The van der Waals surface area contributed by atoms with E-state index in [4.69, 9.17) is 4.52 Å².